The molecule has 4 aromatic rings. The number of nitrogens with zero attached hydrogens (tertiary/aromatic N) is 3. The van der Waals surface area contributed by atoms with Gasteiger partial charge in [0, 0.05) is 24.9 Å². The van der Waals surface area contributed by atoms with E-state index in [9.17, 15) is 0 Å². The number of rotatable bonds is 10. The maximum atomic E-state index is 6.65. The highest BCUT2D eigenvalue weighted by atomic mass is 35.5. The van der Waals surface area contributed by atoms with Gasteiger partial charge < -0.3 is 28.8 Å². The number of fused-ring (bicyclic) bond motifs is 2. The zero-order valence-electron chi connectivity index (χ0n) is 22.9. The Bertz CT molecular complexity index is 1450. The number of benzene rings is 2. The van der Waals surface area contributed by atoms with E-state index in [0.29, 0.717) is 47.7 Å². The van der Waals surface area contributed by atoms with E-state index in [2.05, 4.69) is 44.5 Å². The molecule has 2 aromatic heterocycles. The van der Waals surface area contributed by atoms with Crippen molar-refractivity contribution in [2.75, 3.05) is 40.5 Å². The van der Waals surface area contributed by atoms with Crippen LogP contribution in [0, 0.1) is 0 Å². The summed E-state index contributed by atoms with van der Waals surface area (Å²) in [4.78, 5) is 14.6. The molecule has 2 saturated heterocycles. The number of likely N-dealkylation sites (N-methyl/N-ethyl adjacent to an activating group) is 1. The Morgan fingerprint density at radius 2 is 1.80 bits per heavy atom. The molecule has 3 unspecified atom stereocenters. The van der Waals surface area contributed by atoms with Crippen LogP contribution < -0.4 is 14.8 Å². The fourth-order valence-electron chi connectivity index (χ4n) is 5.29. The summed E-state index contributed by atoms with van der Waals surface area (Å²) in [5.74, 6) is 0.863. The van der Waals surface area contributed by atoms with Gasteiger partial charge in [-0.1, -0.05) is 48.0 Å². The van der Waals surface area contributed by atoms with Crippen LogP contribution in [0.25, 0.3) is 33.5 Å². The third-order valence-corrected chi connectivity index (χ3v) is 7.63. The number of H-pyrrole nitrogens is 1. The molecule has 2 fully saturated rings. The van der Waals surface area contributed by atoms with Crippen molar-refractivity contribution in [3.05, 3.63) is 59.6 Å². The van der Waals surface area contributed by atoms with Crippen LogP contribution >= 0.6 is 11.6 Å². The van der Waals surface area contributed by atoms with Crippen molar-refractivity contribution in [1.82, 2.24) is 25.2 Å². The predicted octanol–water partition coefficient (Wildman–Crippen LogP) is 5.11. The number of imidazole rings is 1. The average molecular weight is 564 g/mol. The molecule has 0 bridgehead atoms. The van der Waals surface area contributed by atoms with Crippen LogP contribution in [0.2, 0.25) is 5.02 Å². The summed E-state index contributed by atoms with van der Waals surface area (Å²) in [5.41, 5.74) is 4.52. The number of aromatic amines is 1. The summed E-state index contributed by atoms with van der Waals surface area (Å²) < 4.78 is 23.7. The van der Waals surface area contributed by atoms with E-state index in [1.54, 1.807) is 0 Å². The number of hydrogen-bond donors (Lipinski definition) is 2. The number of hydrogen-bond acceptors (Lipinski definition) is 8. The lowest BCUT2D eigenvalue weighted by atomic mass is 10.0. The minimum Gasteiger partial charge on any atom is -0.492 e. The summed E-state index contributed by atoms with van der Waals surface area (Å²) in [6, 6.07) is 18.5. The quantitative estimate of drug-likeness (QED) is 0.257. The van der Waals surface area contributed by atoms with E-state index >= 15 is 0 Å². The standard InChI is InChI=1S/C30H34ClN5O4/c1-19(35-30-13-16-38-26(30)12-15-39-30)40-29-32-25-18-24(31)27(33-28(25)34-29)22-6-4-20(5-7-22)21-8-10-23(11-9-21)37-17-14-36(2)3/h4-11,18-19,26,35H,12-17H2,1-3H3,(H,32,33,34). The molecule has 0 aliphatic carbocycles. The average Bonchev–Trinajstić information content (AvgIpc) is 3.62. The van der Waals surface area contributed by atoms with E-state index < -0.39 is 5.72 Å². The van der Waals surface area contributed by atoms with Crippen LogP contribution in [0.15, 0.2) is 54.6 Å². The SMILES string of the molecule is CC(NC12CCOC1CCO2)Oc1nc2nc(-c3ccc(-c4ccc(OCCN(C)C)cc4)cc3)c(Cl)cc2[nH]1. The van der Waals surface area contributed by atoms with Gasteiger partial charge in [-0.3, -0.25) is 5.32 Å². The van der Waals surface area contributed by atoms with Crippen LogP contribution in [0.1, 0.15) is 19.8 Å². The van der Waals surface area contributed by atoms with Crippen molar-refractivity contribution in [2.45, 2.75) is 37.8 Å². The third-order valence-electron chi connectivity index (χ3n) is 7.35. The lowest BCUT2D eigenvalue weighted by Gasteiger charge is -2.31. The molecule has 9 nitrogen and oxygen atoms in total. The molecule has 0 spiro atoms. The molecule has 0 radical (unpaired) electrons. The van der Waals surface area contributed by atoms with Crippen LogP contribution in [-0.2, 0) is 9.47 Å². The van der Waals surface area contributed by atoms with Gasteiger partial charge in [-0.15, -0.1) is 0 Å². The van der Waals surface area contributed by atoms with Crippen LogP contribution in [-0.4, -0.2) is 78.4 Å². The lowest BCUT2D eigenvalue weighted by molar-refractivity contribution is -0.0748. The second kappa shape index (κ2) is 11.3. The molecule has 2 aliphatic heterocycles. The van der Waals surface area contributed by atoms with Gasteiger partial charge >= 0.3 is 0 Å². The van der Waals surface area contributed by atoms with Crippen molar-refractivity contribution in [1.29, 1.82) is 0 Å². The van der Waals surface area contributed by atoms with Crippen LogP contribution in [0.3, 0.4) is 0 Å². The number of aromatic nitrogens is 3. The van der Waals surface area contributed by atoms with E-state index in [1.807, 2.05) is 51.4 Å². The first kappa shape index (κ1) is 27.0. The largest absolute Gasteiger partial charge is 0.492 e. The highest BCUT2D eigenvalue weighted by molar-refractivity contribution is 6.33. The zero-order chi connectivity index (χ0) is 27.7. The monoisotopic (exact) mass is 563 g/mol. The molecule has 2 aromatic carbocycles. The molecular weight excluding hydrogens is 530 g/mol. The highest BCUT2D eigenvalue weighted by Gasteiger charge is 2.50. The lowest BCUT2D eigenvalue weighted by Crippen LogP contribution is -2.54. The highest BCUT2D eigenvalue weighted by Crippen LogP contribution is 2.36. The molecule has 40 heavy (non-hydrogen) atoms. The van der Waals surface area contributed by atoms with Gasteiger partial charge in [0.25, 0.3) is 6.01 Å². The van der Waals surface area contributed by atoms with Crippen molar-refractivity contribution < 1.29 is 18.9 Å². The van der Waals surface area contributed by atoms with Gasteiger partial charge in [-0.05, 0) is 50.3 Å². The first-order valence-corrected chi connectivity index (χ1v) is 14.0. The first-order valence-electron chi connectivity index (χ1n) is 13.6. The molecule has 2 aliphatic rings. The predicted molar refractivity (Wildman–Crippen MR) is 155 cm³/mol. The fourth-order valence-corrected chi connectivity index (χ4v) is 5.55. The topological polar surface area (TPSA) is 93.8 Å². The summed E-state index contributed by atoms with van der Waals surface area (Å²) >= 11 is 6.65. The Kier molecular flexibility index (Phi) is 7.65. The van der Waals surface area contributed by atoms with Gasteiger partial charge in [0.15, 0.2) is 17.6 Å². The summed E-state index contributed by atoms with van der Waals surface area (Å²) in [7, 11) is 4.06. The van der Waals surface area contributed by atoms with E-state index in [4.69, 9.17) is 35.5 Å². The second-order valence-corrected chi connectivity index (χ2v) is 10.9. The van der Waals surface area contributed by atoms with E-state index in [-0.39, 0.29) is 12.3 Å². The minimum absolute atomic E-state index is 0.0510. The van der Waals surface area contributed by atoms with Crippen molar-refractivity contribution in [2.24, 2.45) is 0 Å². The molecule has 10 heteroatoms. The Hall–Kier alpha value is -3.21. The van der Waals surface area contributed by atoms with Crippen LogP contribution in [0.4, 0.5) is 0 Å². The fraction of sp³-hybridized carbons (Fsp3) is 0.400. The number of halogens is 1. The van der Waals surface area contributed by atoms with E-state index in [0.717, 1.165) is 41.8 Å². The van der Waals surface area contributed by atoms with Gasteiger partial charge in [-0.2, -0.15) is 4.98 Å². The summed E-state index contributed by atoms with van der Waals surface area (Å²) in [5, 5.41) is 3.98. The maximum Gasteiger partial charge on any atom is 0.297 e. The smallest absolute Gasteiger partial charge is 0.297 e. The molecule has 3 atom stereocenters. The second-order valence-electron chi connectivity index (χ2n) is 10.5. The van der Waals surface area contributed by atoms with E-state index in [1.165, 1.54) is 0 Å². The third kappa shape index (κ3) is 5.66. The summed E-state index contributed by atoms with van der Waals surface area (Å²) in [6.07, 6.45) is 1.38. The van der Waals surface area contributed by atoms with Crippen molar-refractivity contribution in [3.63, 3.8) is 0 Å². The molecule has 0 amide bonds. The minimum atomic E-state index is -0.492. The van der Waals surface area contributed by atoms with Crippen LogP contribution in [0.5, 0.6) is 11.8 Å². The number of pyridine rings is 1. The van der Waals surface area contributed by atoms with Gasteiger partial charge in [0.1, 0.15) is 18.5 Å². The van der Waals surface area contributed by atoms with Gasteiger partial charge in [0.2, 0.25) is 0 Å². The first-order chi connectivity index (χ1) is 19.4. The molecule has 2 N–H and O–H groups in total. The van der Waals surface area contributed by atoms with Gasteiger partial charge in [0.05, 0.1) is 29.4 Å². The Morgan fingerprint density at radius 3 is 2.55 bits per heavy atom. The Balaban J connectivity index is 1.14. The normalized spacial score (nSPS) is 21.2. The Morgan fingerprint density at radius 1 is 1.07 bits per heavy atom. The summed E-state index contributed by atoms with van der Waals surface area (Å²) in [6.45, 7) is 4.82. The molecule has 4 heterocycles. The maximum absolute atomic E-state index is 6.65. The molecule has 210 valence electrons. The zero-order valence-corrected chi connectivity index (χ0v) is 23.7. The molecule has 6 rings (SSSR count). The Labute approximate surface area is 238 Å². The molecular formula is C30H34ClN5O4. The number of nitrogens with one attached hydrogen (secondary N) is 2. The molecule has 0 saturated carbocycles. The number of ether oxygens (including phenoxy) is 4. The van der Waals surface area contributed by atoms with Crippen molar-refractivity contribution >= 4 is 22.8 Å². The van der Waals surface area contributed by atoms with Crippen molar-refractivity contribution in [3.8, 4) is 34.1 Å². The van der Waals surface area contributed by atoms with Gasteiger partial charge in [-0.25, -0.2) is 4.98 Å².